The lowest BCUT2D eigenvalue weighted by atomic mass is 10.1. The molecule has 5 nitrogen and oxygen atoms in total. The number of benzene rings is 2. The maximum Gasteiger partial charge on any atom is 0.173 e. The van der Waals surface area contributed by atoms with E-state index >= 15 is 0 Å². The van der Waals surface area contributed by atoms with Gasteiger partial charge in [0.15, 0.2) is 17.3 Å². The first-order chi connectivity index (χ1) is 10.2. The average Bonchev–Trinajstić information content (AvgIpc) is 2.50. The Hall–Kier alpha value is -2.69. The van der Waals surface area contributed by atoms with Gasteiger partial charge >= 0.3 is 0 Å². The standard InChI is InChI=1S/C16H18N2O3/c1-3-20-14-6-4-5-7-15(14)21-13-9-8-11(2)10-12(13)16(17)18-19/h4-10,19H,3H2,1-2H3,(H2,17,18). The first-order valence-electron chi connectivity index (χ1n) is 6.64. The normalized spacial score (nSPS) is 11.2. The molecule has 2 aromatic rings. The van der Waals surface area contributed by atoms with Crippen LogP contribution < -0.4 is 15.2 Å². The van der Waals surface area contributed by atoms with Gasteiger partial charge in [-0.1, -0.05) is 28.9 Å². The van der Waals surface area contributed by atoms with Crippen LogP contribution in [0.3, 0.4) is 0 Å². The maximum absolute atomic E-state index is 8.89. The van der Waals surface area contributed by atoms with Gasteiger partial charge in [0.1, 0.15) is 5.75 Å². The molecule has 2 rings (SSSR count). The summed E-state index contributed by atoms with van der Waals surface area (Å²) < 4.78 is 11.4. The van der Waals surface area contributed by atoms with Crippen LogP contribution in [0.4, 0.5) is 0 Å². The number of hydrogen-bond donors (Lipinski definition) is 2. The monoisotopic (exact) mass is 286 g/mol. The van der Waals surface area contributed by atoms with Crippen molar-refractivity contribution in [3.8, 4) is 17.2 Å². The quantitative estimate of drug-likeness (QED) is 0.383. The predicted octanol–water partition coefficient (Wildman–Crippen LogP) is 3.28. The lowest BCUT2D eigenvalue weighted by Crippen LogP contribution is -2.14. The van der Waals surface area contributed by atoms with E-state index in [4.69, 9.17) is 20.4 Å². The van der Waals surface area contributed by atoms with Crippen LogP contribution in [-0.2, 0) is 0 Å². The van der Waals surface area contributed by atoms with Crippen LogP contribution >= 0.6 is 0 Å². The molecule has 3 N–H and O–H groups in total. The summed E-state index contributed by atoms with van der Waals surface area (Å²) in [6.07, 6.45) is 0. The minimum Gasteiger partial charge on any atom is -0.490 e. The molecule has 0 bridgehead atoms. The summed E-state index contributed by atoms with van der Waals surface area (Å²) in [6.45, 7) is 4.37. The lowest BCUT2D eigenvalue weighted by Gasteiger charge is -2.14. The zero-order chi connectivity index (χ0) is 15.2. The van der Waals surface area contributed by atoms with Gasteiger partial charge < -0.3 is 20.4 Å². The summed E-state index contributed by atoms with van der Waals surface area (Å²) in [6, 6.07) is 12.8. The molecule has 5 heteroatoms. The van der Waals surface area contributed by atoms with Crippen LogP contribution in [0.2, 0.25) is 0 Å². The third-order valence-corrected chi connectivity index (χ3v) is 2.89. The molecular formula is C16H18N2O3. The molecule has 110 valence electrons. The fourth-order valence-corrected chi connectivity index (χ4v) is 1.91. The third-order valence-electron chi connectivity index (χ3n) is 2.89. The zero-order valence-corrected chi connectivity index (χ0v) is 12.0. The number of nitrogens with zero attached hydrogens (tertiary/aromatic N) is 1. The average molecular weight is 286 g/mol. The second kappa shape index (κ2) is 6.65. The van der Waals surface area contributed by atoms with E-state index in [9.17, 15) is 0 Å². The number of oxime groups is 1. The fourth-order valence-electron chi connectivity index (χ4n) is 1.91. The Morgan fingerprint density at radius 1 is 1.14 bits per heavy atom. The first-order valence-corrected chi connectivity index (χ1v) is 6.64. The van der Waals surface area contributed by atoms with Crippen molar-refractivity contribution in [1.82, 2.24) is 0 Å². The van der Waals surface area contributed by atoms with Gasteiger partial charge in [0, 0.05) is 0 Å². The number of para-hydroxylation sites is 2. The molecule has 0 heterocycles. The number of nitrogens with two attached hydrogens (primary N) is 1. The SMILES string of the molecule is CCOc1ccccc1Oc1ccc(C)cc1/C(N)=N/O. The summed E-state index contributed by atoms with van der Waals surface area (Å²) in [7, 11) is 0. The van der Waals surface area contributed by atoms with Crippen molar-refractivity contribution >= 4 is 5.84 Å². The Kier molecular flexibility index (Phi) is 4.66. The van der Waals surface area contributed by atoms with Crippen molar-refractivity contribution in [1.29, 1.82) is 0 Å². The molecule has 0 amide bonds. The Balaban J connectivity index is 2.40. The molecule has 0 saturated heterocycles. The van der Waals surface area contributed by atoms with Crippen LogP contribution in [0.15, 0.2) is 47.6 Å². The van der Waals surface area contributed by atoms with E-state index in [2.05, 4.69) is 5.16 Å². The number of rotatable bonds is 5. The van der Waals surface area contributed by atoms with Crippen LogP contribution in [0.5, 0.6) is 17.2 Å². The molecule has 2 aromatic carbocycles. The summed E-state index contributed by atoms with van der Waals surface area (Å²) in [5.74, 6) is 1.73. The van der Waals surface area contributed by atoms with E-state index in [0.717, 1.165) is 5.56 Å². The van der Waals surface area contributed by atoms with E-state index in [0.29, 0.717) is 29.4 Å². The van der Waals surface area contributed by atoms with Crippen LogP contribution in [0.25, 0.3) is 0 Å². The topological polar surface area (TPSA) is 77.1 Å². The molecule has 21 heavy (non-hydrogen) atoms. The van der Waals surface area contributed by atoms with Gasteiger partial charge in [0.2, 0.25) is 0 Å². The van der Waals surface area contributed by atoms with E-state index in [-0.39, 0.29) is 5.84 Å². The second-order valence-corrected chi connectivity index (χ2v) is 4.47. The highest BCUT2D eigenvalue weighted by molar-refractivity contribution is 5.99. The number of amidine groups is 1. The Labute approximate surface area is 123 Å². The van der Waals surface area contributed by atoms with E-state index < -0.39 is 0 Å². The van der Waals surface area contributed by atoms with Gasteiger partial charge in [-0.2, -0.15) is 0 Å². The second-order valence-electron chi connectivity index (χ2n) is 4.47. The van der Waals surface area contributed by atoms with Crippen LogP contribution in [-0.4, -0.2) is 17.6 Å². The summed E-state index contributed by atoms with van der Waals surface area (Å²) in [5, 5.41) is 11.9. The van der Waals surface area contributed by atoms with Gasteiger partial charge in [0.05, 0.1) is 12.2 Å². The lowest BCUT2D eigenvalue weighted by molar-refractivity contribution is 0.317. The molecule has 0 aliphatic carbocycles. The summed E-state index contributed by atoms with van der Waals surface area (Å²) in [5.41, 5.74) is 7.22. The molecule has 0 aliphatic heterocycles. The zero-order valence-electron chi connectivity index (χ0n) is 12.0. The predicted molar refractivity (Wildman–Crippen MR) is 81.4 cm³/mol. The molecule has 0 atom stereocenters. The molecular weight excluding hydrogens is 268 g/mol. The number of hydrogen-bond acceptors (Lipinski definition) is 4. The van der Waals surface area contributed by atoms with Gasteiger partial charge in [-0.25, -0.2) is 0 Å². The highest BCUT2D eigenvalue weighted by atomic mass is 16.5. The van der Waals surface area contributed by atoms with Crippen LogP contribution in [0.1, 0.15) is 18.1 Å². The largest absolute Gasteiger partial charge is 0.490 e. The van der Waals surface area contributed by atoms with Gasteiger partial charge in [-0.05, 0) is 38.1 Å². The first kappa shape index (κ1) is 14.7. The summed E-state index contributed by atoms with van der Waals surface area (Å²) in [4.78, 5) is 0. The van der Waals surface area contributed by atoms with Crippen molar-refractivity contribution in [3.05, 3.63) is 53.6 Å². The number of ether oxygens (including phenoxy) is 2. The van der Waals surface area contributed by atoms with Gasteiger partial charge in [0.25, 0.3) is 0 Å². The van der Waals surface area contributed by atoms with Crippen molar-refractivity contribution in [2.75, 3.05) is 6.61 Å². The Morgan fingerprint density at radius 2 is 1.86 bits per heavy atom. The minimum atomic E-state index is 0.00240. The Bertz CT molecular complexity index is 654. The molecule has 0 radical (unpaired) electrons. The fraction of sp³-hybridized carbons (Fsp3) is 0.188. The minimum absolute atomic E-state index is 0.00240. The van der Waals surface area contributed by atoms with E-state index in [1.54, 1.807) is 18.2 Å². The highest BCUT2D eigenvalue weighted by Crippen LogP contribution is 2.33. The van der Waals surface area contributed by atoms with Crippen molar-refractivity contribution in [2.24, 2.45) is 10.9 Å². The van der Waals surface area contributed by atoms with Crippen LogP contribution in [0, 0.1) is 6.92 Å². The molecule has 0 fully saturated rings. The number of aryl methyl sites for hydroxylation is 1. The van der Waals surface area contributed by atoms with E-state index in [1.165, 1.54) is 0 Å². The van der Waals surface area contributed by atoms with Gasteiger partial charge in [-0.3, -0.25) is 0 Å². The molecule has 0 spiro atoms. The molecule has 0 aliphatic rings. The third kappa shape index (κ3) is 3.45. The Morgan fingerprint density at radius 3 is 2.52 bits per heavy atom. The smallest absolute Gasteiger partial charge is 0.173 e. The van der Waals surface area contributed by atoms with Crippen molar-refractivity contribution < 1.29 is 14.7 Å². The molecule has 0 aromatic heterocycles. The summed E-state index contributed by atoms with van der Waals surface area (Å²) >= 11 is 0. The van der Waals surface area contributed by atoms with Crippen molar-refractivity contribution in [2.45, 2.75) is 13.8 Å². The molecule has 0 saturated carbocycles. The van der Waals surface area contributed by atoms with Gasteiger partial charge in [-0.15, -0.1) is 0 Å². The highest BCUT2D eigenvalue weighted by Gasteiger charge is 2.12. The van der Waals surface area contributed by atoms with E-state index in [1.807, 2.05) is 38.1 Å². The van der Waals surface area contributed by atoms with Crippen molar-refractivity contribution in [3.63, 3.8) is 0 Å². The maximum atomic E-state index is 8.89. The molecule has 0 unspecified atom stereocenters.